The number of hydrogen-bond acceptors (Lipinski definition) is 4. The Morgan fingerprint density at radius 2 is 2.15 bits per heavy atom. The smallest absolute Gasteiger partial charge is 0.327 e. The molecule has 0 aromatic heterocycles. The molecule has 3 nitrogen and oxygen atoms in total. The molecule has 1 rings (SSSR count). The zero-order valence-electron chi connectivity index (χ0n) is 8.42. The van der Waals surface area contributed by atoms with E-state index in [1.165, 1.54) is 0 Å². The first-order valence-corrected chi connectivity index (χ1v) is 5.59. The van der Waals surface area contributed by atoms with Gasteiger partial charge in [-0.15, -0.1) is 0 Å². The van der Waals surface area contributed by atoms with Crippen LogP contribution in [0.15, 0.2) is 0 Å². The Bertz CT molecular complexity index is 204. The van der Waals surface area contributed by atoms with E-state index in [9.17, 15) is 4.79 Å². The molecule has 1 saturated heterocycles. The van der Waals surface area contributed by atoms with Gasteiger partial charge >= 0.3 is 5.97 Å². The molecule has 0 aromatic rings. The molecule has 0 radical (unpaired) electrons. The Kier molecular flexibility index (Phi) is 2.92. The monoisotopic (exact) mass is 203 g/mol. The summed E-state index contributed by atoms with van der Waals surface area (Å²) in [5.74, 6) is 1.38. The maximum atomic E-state index is 11.6. The van der Waals surface area contributed by atoms with Crippen molar-refractivity contribution in [2.75, 3.05) is 11.5 Å². The normalized spacial score (nSPS) is 28.9. The molecule has 76 valence electrons. The Morgan fingerprint density at radius 3 is 2.54 bits per heavy atom. The van der Waals surface area contributed by atoms with Gasteiger partial charge in [-0.25, -0.2) is 0 Å². The molecule has 0 aliphatic carbocycles. The third-order valence-corrected chi connectivity index (χ3v) is 3.07. The summed E-state index contributed by atoms with van der Waals surface area (Å²) >= 11 is 1.71. The van der Waals surface area contributed by atoms with Crippen LogP contribution >= 0.6 is 11.8 Å². The lowest BCUT2D eigenvalue weighted by Crippen LogP contribution is -2.51. The molecule has 13 heavy (non-hydrogen) atoms. The van der Waals surface area contributed by atoms with Crippen molar-refractivity contribution in [1.82, 2.24) is 0 Å². The number of rotatable bonds is 1. The largest absolute Gasteiger partial charge is 0.459 e. The van der Waals surface area contributed by atoms with E-state index in [1.807, 2.05) is 20.8 Å². The molecular weight excluding hydrogens is 186 g/mol. The van der Waals surface area contributed by atoms with Crippen LogP contribution in [0.1, 0.15) is 27.2 Å². The summed E-state index contributed by atoms with van der Waals surface area (Å²) in [6.45, 7) is 5.57. The first kappa shape index (κ1) is 10.9. The number of carbonyl (C=O) groups is 1. The van der Waals surface area contributed by atoms with Crippen molar-refractivity contribution >= 4 is 17.7 Å². The van der Waals surface area contributed by atoms with Crippen LogP contribution in [0.5, 0.6) is 0 Å². The molecule has 1 atom stereocenters. The van der Waals surface area contributed by atoms with Gasteiger partial charge in [0, 0.05) is 5.75 Å². The molecule has 0 amide bonds. The van der Waals surface area contributed by atoms with Gasteiger partial charge in [-0.05, 0) is 32.9 Å². The molecule has 1 aliphatic rings. The van der Waals surface area contributed by atoms with Gasteiger partial charge in [0.05, 0.1) is 0 Å². The van der Waals surface area contributed by atoms with E-state index in [2.05, 4.69) is 0 Å². The Hall–Kier alpha value is -0.220. The number of hydrogen-bond donors (Lipinski definition) is 1. The topological polar surface area (TPSA) is 52.3 Å². The van der Waals surface area contributed by atoms with Crippen LogP contribution in [-0.2, 0) is 9.53 Å². The number of esters is 1. The predicted octanol–water partition coefficient (Wildman–Crippen LogP) is 1.16. The van der Waals surface area contributed by atoms with E-state index < -0.39 is 11.1 Å². The summed E-state index contributed by atoms with van der Waals surface area (Å²) in [5, 5.41) is 0. The third kappa shape index (κ3) is 2.88. The van der Waals surface area contributed by atoms with Gasteiger partial charge in [0.15, 0.2) is 0 Å². The van der Waals surface area contributed by atoms with E-state index in [1.54, 1.807) is 11.8 Å². The fourth-order valence-corrected chi connectivity index (χ4v) is 2.40. The van der Waals surface area contributed by atoms with Crippen LogP contribution in [0.4, 0.5) is 0 Å². The number of carbonyl (C=O) groups excluding carboxylic acids is 1. The summed E-state index contributed by atoms with van der Waals surface area (Å²) in [4.78, 5) is 11.6. The van der Waals surface area contributed by atoms with Crippen LogP contribution in [0.2, 0.25) is 0 Å². The maximum absolute atomic E-state index is 11.6. The molecule has 0 spiro atoms. The van der Waals surface area contributed by atoms with Crippen molar-refractivity contribution in [3.8, 4) is 0 Å². The van der Waals surface area contributed by atoms with Gasteiger partial charge in [0.1, 0.15) is 11.1 Å². The molecule has 1 aliphatic heterocycles. The SMILES string of the molecule is CC(C)(C)OC(=O)[C@]1(N)CCSC1. The highest BCUT2D eigenvalue weighted by atomic mass is 32.2. The summed E-state index contributed by atoms with van der Waals surface area (Å²) in [7, 11) is 0. The molecule has 0 unspecified atom stereocenters. The molecule has 0 aromatic carbocycles. The maximum Gasteiger partial charge on any atom is 0.327 e. The number of ether oxygens (including phenoxy) is 1. The van der Waals surface area contributed by atoms with Gasteiger partial charge in [0.2, 0.25) is 0 Å². The van der Waals surface area contributed by atoms with Crippen molar-refractivity contribution in [3.05, 3.63) is 0 Å². The highest BCUT2D eigenvalue weighted by molar-refractivity contribution is 7.99. The highest BCUT2D eigenvalue weighted by Crippen LogP contribution is 2.28. The minimum atomic E-state index is -0.738. The summed E-state index contributed by atoms with van der Waals surface area (Å²) < 4.78 is 5.25. The molecule has 0 saturated carbocycles. The second-order valence-corrected chi connectivity index (χ2v) is 5.57. The number of thioether (sulfide) groups is 1. The first-order valence-electron chi connectivity index (χ1n) is 4.44. The zero-order chi connectivity index (χ0) is 10.1. The van der Waals surface area contributed by atoms with Gasteiger partial charge in [-0.3, -0.25) is 4.79 Å². The van der Waals surface area contributed by atoms with Gasteiger partial charge in [0.25, 0.3) is 0 Å². The molecule has 0 bridgehead atoms. The Balaban J connectivity index is 2.57. The van der Waals surface area contributed by atoms with E-state index in [0.29, 0.717) is 5.75 Å². The van der Waals surface area contributed by atoms with Gasteiger partial charge in [-0.2, -0.15) is 11.8 Å². The summed E-state index contributed by atoms with van der Waals surface area (Å²) in [6.07, 6.45) is 0.729. The van der Waals surface area contributed by atoms with Crippen LogP contribution in [0.3, 0.4) is 0 Å². The Labute approximate surface area is 83.4 Å². The first-order chi connectivity index (χ1) is 5.83. The van der Waals surface area contributed by atoms with Crippen LogP contribution in [0, 0.1) is 0 Å². The molecular formula is C9H17NO2S. The van der Waals surface area contributed by atoms with Crippen LogP contribution < -0.4 is 5.73 Å². The van der Waals surface area contributed by atoms with Crippen molar-refractivity contribution in [2.45, 2.75) is 38.3 Å². The third-order valence-electron chi connectivity index (χ3n) is 1.86. The molecule has 1 heterocycles. The number of nitrogens with two attached hydrogens (primary N) is 1. The van der Waals surface area contributed by atoms with Crippen molar-refractivity contribution in [2.24, 2.45) is 5.73 Å². The lowest BCUT2D eigenvalue weighted by Gasteiger charge is -2.27. The quantitative estimate of drug-likeness (QED) is 0.650. The average Bonchev–Trinajstić information content (AvgIpc) is 2.33. The van der Waals surface area contributed by atoms with Crippen molar-refractivity contribution in [3.63, 3.8) is 0 Å². The van der Waals surface area contributed by atoms with Gasteiger partial charge < -0.3 is 10.5 Å². The van der Waals surface area contributed by atoms with Crippen LogP contribution in [0.25, 0.3) is 0 Å². The fourth-order valence-electron chi connectivity index (χ4n) is 1.12. The highest BCUT2D eigenvalue weighted by Gasteiger charge is 2.40. The van der Waals surface area contributed by atoms with Crippen molar-refractivity contribution < 1.29 is 9.53 Å². The minimum absolute atomic E-state index is 0.259. The van der Waals surface area contributed by atoms with Gasteiger partial charge in [-0.1, -0.05) is 0 Å². The van der Waals surface area contributed by atoms with E-state index >= 15 is 0 Å². The molecule has 4 heteroatoms. The van der Waals surface area contributed by atoms with Crippen molar-refractivity contribution in [1.29, 1.82) is 0 Å². The zero-order valence-corrected chi connectivity index (χ0v) is 9.24. The Morgan fingerprint density at radius 1 is 1.54 bits per heavy atom. The lowest BCUT2D eigenvalue weighted by atomic mass is 10.0. The molecule has 1 fully saturated rings. The second-order valence-electron chi connectivity index (χ2n) is 4.46. The fraction of sp³-hybridized carbons (Fsp3) is 0.889. The van der Waals surface area contributed by atoms with E-state index in [4.69, 9.17) is 10.5 Å². The van der Waals surface area contributed by atoms with E-state index in [0.717, 1.165) is 12.2 Å². The summed E-state index contributed by atoms with van der Waals surface area (Å²) in [6, 6.07) is 0. The standard InChI is InChI=1S/C9H17NO2S/c1-8(2,3)12-7(11)9(10)4-5-13-6-9/h4-6,10H2,1-3H3/t9-/m0/s1. The minimum Gasteiger partial charge on any atom is -0.459 e. The predicted molar refractivity (Wildman–Crippen MR) is 54.7 cm³/mol. The molecule has 2 N–H and O–H groups in total. The van der Waals surface area contributed by atoms with Crippen LogP contribution in [-0.4, -0.2) is 28.6 Å². The summed E-state index contributed by atoms with van der Waals surface area (Å²) in [5.41, 5.74) is 4.74. The average molecular weight is 203 g/mol. The van der Waals surface area contributed by atoms with E-state index in [-0.39, 0.29) is 5.97 Å². The second kappa shape index (κ2) is 3.50. The lowest BCUT2D eigenvalue weighted by molar-refractivity contribution is -0.160.